The smallest absolute Gasteiger partial charge is 0.411 e. The number of nitrogens with zero attached hydrogens (tertiary/aromatic N) is 6. The molecule has 0 saturated carbocycles. The van der Waals surface area contributed by atoms with Crippen LogP contribution in [0.2, 0.25) is 0 Å². The van der Waals surface area contributed by atoms with E-state index in [9.17, 15) is 9.59 Å². The van der Waals surface area contributed by atoms with Crippen LogP contribution in [0.25, 0.3) is 5.69 Å². The number of carbonyl (C=O) groups excluding carboxylic acids is 2. The van der Waals surface area contributed by atoms with Gasteiger partial charge in [-0.3, -0.25) is 10.1 Å². The van der Waals surface area contributed by atoms with Crippen molar-refractivity contribution in [1.29, 1.82) is 0 Å². The Kier molecular flexibility index (Phi) is 8.06. The quantitative estimate of drug-likeness (QED) is 0.439. The second-order valence-corrected chi connectivity index (χ2v) is 9.24. The minimum absolute atomic E-state index is 0.0917. The van der Waals surface area contributed by atoms with E-state index < -0.39 is 6.09 Å². The molecule has 0 radical (unpaired) electrons. The summed E-state index contributed by atoms with van der Waals surface area (Å²) >= 11 is 0. The van der Waals surface area contributed by atoms with Gasteiger partial charge in [-0.25, -0.2) is 9.78 Å². The maximum absolute atomic E-state index is 11.8. The van der Waals surface area contributed by atoms with Crippen LogP contribution >= 0.6 is 0 Å². The molecule has 3 heterocycles. The average molecular weight is 508 g/mol. The molecule has 12 heteroatoms. The first-order valence-electron chi connectivity index (χ1n) is 12.3. The Morgan fingerprint density at radius 2 is 1.84 bits per heavy atom. The Balaban J connectivity index is 1.41. The summed E-state index contributed by atoms with van der Waals surface area (Å²) in [5, 5.41) is 10.3. The topological polar surface area (TPSA) is 144 Å². The highest BCUT2D eigenvalue weighted by Gasteiger charge is 2.18. The zero-order valence-electron chi connectivity index (χ0n) is 21.3. The molecule has 1 aliphatic rings. The Bertz CT molecular complexity index is 1230. The molecule has 2 amide bonds. The number of pyridine rings is 1. The molecule has 196 valence electrons. The fraction of sp³-hybridized carbons (Fsp3) is 0.400. The van der Waals surface area contributed by atoms with Gasteiger partial charge in [-0.1, -0.05) is 13.8 Å². The number of amides is 2. The molecule has 1 saturated heterocycles. The Hall–Kier alpha value is -4.35. The van der Waals surface area contributed by atoms with Crippen molar-refractivity contribution in [1.82, 2.24) is 24.6 Å². The molecule has 1 aromatic carbocycles. The third kappa shape index (κ3) is 6.87. The molecule has 2 aromatic heterocycles. The number of nitrogen functional groups attached to an aromatic ring is 1. The first kappa shape index (κ1) is 25.7. The van der Waals surface area contributed by atoms with Crippen LogP contribution in [0, 0.1) is 5.92 Å². The van der Waals surface area contributed by atoms with E-state index >= 15 is 0 Å². The Morgan fingerprint density at radius 1 is 1.08 bits per heavy atom. The van der Waals surface area contributed by atoms with Gasteiger partial charge in [0.2, 0.25) is 17.8 Å². The van der Waals surface area contributed by atoms with E-state index in [0.29, 0.717) is 31.3 Å². The van der Waals surface area contributed by atoms with Gasteiger partial charge in [-0.15, -0.1) is 5.10 Å². The molecule has 37 heavy (non-hydrogen) atoms. The molecule has 0 bridgehead atoms. The number of benzene rings is 1. The van der Waals surface area contributed by atoms with Crippen molar-refractivity contribution in [3.05, 3.63) is 42.6 Å². The summed E-state index contributed by atoms with van der Waals surface area (Å²) < 4.78 is 6.68. The largest absolute Gasteiger partial charge is 0.449 e. The SMILES string of the molecule is CC(=O)N1CCCN(c2cc(-n3nc(Nc4ccc(NC(=O)OCC(C)C)cc4)nc3N)ccn2)CC1. The van der Waals surface area contributed by atoms with Crippen molar-refractivity contribution in [2.24, 2.45) is 5.92 Å². The Morgan fingerprint density at radius 3 is 2.57 bits per heavy atom. The second-order valence-electron chi connectivity index (χ2n) is 9.24. The summed E-state index contributed by atoms with van der Waals surface area (Å²) in [6.45, 7) is 8.83. The predicted octanol–water partition coefficient (Wildman–Crippen LogP) is 3.25. The molecule has 1 aliphatic heterocycles. The molecular formula is C25H33N9O3. The van der Waals surface area contributed by atoms with Crippen LogP contribution in [-0.4, -0.2) is 69.4 Å². The zero-order valence-corrected chi connectivity index (χ0v) is 21.3. The summed E-state index contributed by atoms with van der Waals surface area (Å²) in [5.41, 5.74) is 8.24. The predicted molar refractivity (Wildman–Crippen MR) is 142 cm³/mol. The zero-order chi connectivity index (χ0) is 26.4. The maximum Gasteiger partial charge on any atom is 0.411 e. The van der Waals surface area contributed by atoms with Gasteiger partial charge in [0.05, 0.1) is 12.3 Å². The van der Waals surface area contributed by atoms with E-state index in [0.717, 1.165) is 36.7 Å². The van der Waals surface area contributed by atoms with Gasteiger partial charge >= 0.3 is 6.09 Å². The van der Waals surface area contributed by atoms with Crippen LogP contribution in [0.4, 0.5) is 33.9 Å². The third-order valence-corrected chi connectivity index (χ3v) is 5.81. The van der Waals surface area contributed by atoms with E-state index in [1.807, 2.05) is 30.9 Å². The number of anilines is 5. The number of hydrogen-bond acceptors (Lipinski definition) is 9. The Labute approximate surface area is 215 Å². The maximum atomic E-state index is 11.8. The van der Waals surface area contributed by atoms with Crippen molar-refractivity contribution >= 4 is 41.1 Å². The lowest BCUT2D eigenvalue weighted by molar-refractivity contribution is -0.128. The molecular weight excluding hydrogens is 474 g/mol. The molecule has 4 N–H and O–H groups in total. The molecule has 0 unspecified atom stereocenters. The fourth-order valence-corrected chi connectivity index (χ4v) is 3.90. The van der Waals surface area contributed by atoms with Gasteiger partial charge in [0.15, 0.2) is 0 Å². The number of hydrogen-bond donors (Lipinski definition) is 3. The van der Waals surface area contributed by atoms with Gasteiger partial charge in [0, 0.05) is 56.7 Å². The number of rotatable bonds is 7. The fourth-order valence-electron chi connectivity index (χ4n) is 3.90. The number of carbonyl (C=O) groups is 2. The van der Waals surface area contributed by atoms with Crippen molar-refractivity contribution in [2.75, 3.05) is 54.1 Å². The highest BCUT2D eigenvalue weighted by atomic mass is 16.5. The van der Waals surface area contributed by atoms with E-state index in [-0.39, 0.29) is 17.8 Å². The van der Waals surface area contributed by atoms with E-state index in [4.69, 9.17) is 10.5 Å². The lowest BCUT2D eigenvalue weighted by atomic mass is 10.2. The first-order valence-corrected chi connectivity index (χ1v) is 12.3. The van der Waals surface area contributed by atoms with Gasteiger partial charge < -0.3 is 25.6 Å². The molecule has 0 spiro atoms. The van der Waals surface area contributed by atoms with Crippen LogP contribution in [-0.2, 0) is 9.53 Å². The highest BCUT2D eigenvalue weighted by molar-refractivity contribution is 5.85. The monoisotopic (exact) mass is 507 g/mol. The standard InChI is InChI=1S/C25H33N9O3/c1-17(2)16-37-25(36)29-20-7-5-19(6-8-20)28-24-30-23(26)34(31-24)21-9-10-27-22(15-21)33-12-4-11-32(13-14-33)18(3)35/h5-10,15,17H,4,11-14,16H2,1-3H3,(H,29,36)(H3,26,28,30,31). The normalized spacial score (nSPS) is 13.8. The summed E-state index contributed by atoms with van der Waals surface area (Å²) in [7, 11) is 0. The molecule has 3 aromatic rings. The molecule has 12 nitrogen and oxygen atoms in total. The second kappa shape index (κ2) is 11.6. The van der Waals surface area contributed by atoms with Gasteiger partial charge in [-0.05, 0) is 42.7 Å². The van der Waals surface area contributed by atoms with Crippen molar-refractivity contribution in [2.45, 2.75) is 27.2 Å². The summed E-state index contributed by atoms with van der Waals surface area (Å²) in [6.07, 6.45) is 2.10. The van der Waals surface area contributed by atoms with Gasteiger partial charge in [-0.2, -0.15) is 9.67 Å². The van der Waals surface area contributed by atoms with Crippen LogP contribution in [0.1, 0.15) is 27.2 Å². The minimum Gasteiger partial charge on any atom is -0.449 e. The van der Waals surface area contributed by atoms with Crippen molar-refractivity contribution in [3.63, 3.8) is 0 Å². The molecule has 0 aliphatic carbocycles. The van der Waals surface area contributed by atoms with Crippen molar-refractivity contribution in [3.8, 4) is 5.69 Å². The van der Waals surface area contributed by atoms with Crippen LogP contribution in [0.15, 0.2) is 42.6 Å². The molecule has 4 rings (SSSR count). The van der Waals surface area contributed by atoms with Crippen LogP contribution < -0.4 is 21.3 Å². The summed E-state index contributed by atoms with van der Waals surface area (Å²) in [6, 6.07) is 10.8. The molecule has 0 atom stereocenters. The lowest BCUT2D eigenvalue weighted by Crippen LogP contribution is -2.33. The summed E-state index contributed by atoms with van der Waals surface area (Å²) in [4.78, 5) is 36.5. The van der Waals surface area contributed by atoms with E-state index in [1.54, 1.807) is 42.1 Å². The third-order valence-electron chi connectivity index (χ3n) is 5.81. The van der Waals surface area contributed by atoms with Crippen LogP contribution in [0.3, 0.4) is 0 Å². The van der Waals surface area contributed by atoms with E-state index in [2.05, 4.69) is 30.6 Å². The van der Waals surface area contributed by atoms with Crippen molar-refractivity contribution < 1.29 is 14.3 Å². The van der Waals surface area contributed by atoms with Crippen LogP contribution in [0.5, 0.6) is 0 Å². The number of aromatic nitrogens is 4. The summed E-state index contributed by atoms with van der Waals surface area (Å²) in [5.74, 6) is 1.71. The van der Waals surface area contributed by atoms with Gasteiger partial charge in [0.25, 0.3) is 0 Å². The van der Waals surface area contributed by atoms with E-state index in [1.165, 1.54) is 0 Å². The number of ether oxygens (including phenoxy) is 1. The average Bonchev–Trinajstić information content (AvgIpc) is 3.07. The number of nitrogens with one attached hydrogen (secondary N) is 2. The first-order chi connectivity index (χ1) is 17.8. The minimum atomic E-state index is -0.490. The lowest BCUT2D eigenvalue weighted by Gasteiger charge is -2.22. The number of nitrogens with two attached hydrogens (primary N) is 1. The molecule has 1 fully saturated rings. The highest BCUT2D eigenvalue weighted by Crippen LogP contribution is 2.22. The van der Waals surface area contributed by atoms with Gasteiger partial charge in [0.1, 0.15) is 5.82 Å².